The van der Waals surface area contributed by atoms with E-state index in [-0.39, 0.29) is 11.9 Å². The van der Waals surface area contributed by atoms with E-state index in [1.54, 1.807) is 31.2 Å². The number of carbonyl (C=O) groups is 1. The normalized spacial score (nSPS) is 11.6. The van der Waals surface area contributed by atoms with Crippen LogP contribution in [0.2, 0.25) is 0 Å². The number of pyridine rings is 1. The van der Waals surface area contributed by atoms with Crippen LogP contribution in [0, 0.1) is 10.1 Å². The highest BCUT2D eigenvalue weighted by molar-refractivity contribution is 5.89. The van der Waals surface area contributed by atoms with Crippen LogP contribution >= 0.6 is 0 Å². The molecule has 0 spiro atoms. The molecule has 8 nitrogen and oxygen atoms in total. The lowest BCUT2D eigenvalue weighted by atomic mass is 10.1. The van der Waals surface area contributed by atoms with Gasteiger partial charge < -0.3 is 15.2 Å². The van der Waals surface area contributed by atoms with Crippen LogP contribution < -0.4 is 5.32 Å². The van der Waals surface area contributed by atoms with Gasteiger partial charge in [-0.05, 0) is 24.6 Å². The molecule has 0 saturated carbocycles. The number of esters is 1. The number of ether oxygens (including phenoxy) is 1. The van der Waals surface area contributed by atoms with Gasteiger partial charge in [0.15, 0.2) is 5.75 Å². The average molecular weight is 317 g/mol. The lowest BCUT2D eigenvalue weighted by Gasteiger charge is -2.15. The number of anilines is 1. The molecule has 0 amide bonds. The van der Waals surface area contributed by atoms with Crippen LogP contribution in [0.3, 0.4) is 0 Å². The zero-order valence-corrected chi connectivity index (χ0v) is 12.5. The summed E-state index contributed by atoms with van der Waals surface area (Å²) in [7, 11) is 1.30. The highest BCUT2D eigenvalue weighted by Crippen LogP contribution is 2.33. The fraction of sp³-hybridized carbons (Fsp3) is 0.200. The molecule has 0 aliphatic heterocycles. The lowest BCUT2D eigenvalue weighted by molar-refractivity contribution is -0.385. The molecule has 1 aromatic carbocycles. The number of hydrogen-bond donors (Lipinski definition) is 2. The monoisotopic (exact) mass is 317 g/mol. The van der Waals surface area contributed by atoms with Gasteiger partial charge in [-0.3, -0.25) is 10.1 Å². The van der Waals surface area contributed by atoms with E-state index in [1.165, 1.54) is 13.3 Å². The molecule has 0 saturated heterocycles. The van der Waals surface area contributed by atoms with E-state index < -0.39 is 22.3 Å². The van der Waals surface area contributed by atoms with Gasteiger partial charge in [-0.2, -0.15) is 0 Å². The number of aromatic nitrogens is 1. The third kappa shape index (κ3) is 3.54. The zero-order valence-electron chi connectivity index (χ0n) is 12.5. The Bertz CT molecular complexity index is 730. The van der Waals surface area contributed by atoms with Gasteiger partial charge in [0.05, 0.1) is 23.6 Å². The molecule has 0 aliphatic rings. The van der Waals surface area contributed by atoms with E-state index in [9.17, 15) is 20.0 Å². The van der Waals surface area contributed by atoms with Gasteiger partial charge >= 0.3 is 11.7 Å². The molecule has 23 heavy (non-hydrogen) atoms. The number of rotatable bonds is 5. The molecule has 1 aromatic heterocycles. The summed E-state index contributed by atoms with van der Waals surface area (Å²) in [5.74, 6) is -0.928. The standard InChI is InChI=1S/C15H15N3O5/c1-9(10-3-5-11(6-4-10)15(20)23-2)17-14-13(18(21)22)12(19)7-8-16-14/h3-9H,1-2H3,(H2,16,17,19)/t9-/m0/s1. The van der Waals surface area contributed by atoms with Gasteiger partial charge in [0.1, 0.15) is 0 Å². The second kappa shape index (κ2) is 6.73. The van der Waals surface area contributed by atoms with Gasteiger partial charge in [0, 0.05) is 12.3 Å². The van der Waals surface area contributed by atoms with E-state index in [4.69, 9.17) is 0 Å². The van der Waals surface area contributed by atoms with Crippen molar-refractivity contribution in [3.05, 3.63) is 57.8 Å². The summed E-state index contributed by atoms with van der Waals surface area (Å²) in [4.78, 5) is 25.6. The largest absolute Gasteiger partial charge is 0.502 e. The Morgan fingerprint density at radius 3 is 2.57 bits per heavy atom. The molecule has 2 N–H and O–H groups in total. The quantitative estimate of drug-likeness (QED) is 0.495. The van der Waals surface area contributed by atoms with Gasteiger partial charge in [0.25, 0.3) is 0 Å². The van der Waals surface area contributed by atoms with Crippen LogP contribution in [0.25, 0.3) is 0 Å². The number of nitro groups is 1. The summed E-state index contributed by atoms with van der Waals surface area (Å²) in [6.07, 6.45) is 1.28. The van der Waals surface area contributed by atoms with Gasteiger partial charge in [-0.15, -0.1) is 0 Å². The Morgan fingerprint density at radius 1 is 1.35 bits per heavy atom. The number of carbonyl (C=O) groups excluding carboxylic acids is 1. The van der Waals surface area contributed by atoms with Crippen LogP contribution in [-0.4, -0.2) is 28.1 Å². The summed E-state index contributed by atoms with van der Waals surface area (Å²) in [5, 5.41) is 23.5. The minimum Gasteiger partial charge on any atom is -0.502 e. The molecular formula is C15H15N3O5. The summed E-state index contributed by atoms with van der Waals surface area (Å²) in [5.41, 5.74) is 0.715. The maximum Gasteiger partial charge on any atom is 0.352 e. The van der Waals surface area contributed by atoms with Gasteiger partial charge in [-0.25, -0.2) is 9.78 Å². The number of hydrogen-bond acceptors (Lipinski definition) is 7. The average Bonchev–Trinajstić information content (AvgIpc) is 2.54. The first-order valence-corrected chi connectivity index (χ1v) is 6.71. The van der Waals surface area contributed by atoms with E-state index in [0.29, 0.717) is 5.56 Å². The van der Waals surface area contributed by atoms with E-state index >= 15 is 0 Å². The van der Waals surface area contributed by atoms with Crippen molar-refractivity contribution < 1.29 is 19.6 Å². The maximum absolute atomic E-state index is 11.4. The van der Waals surface area contributed by atoms with Crippen molar-refractivity contribution in [2.24, 2.45) is 0 Å². The lowest BCUT2D eigenvalue weighted by Crippen LogP contribution is -2.10. The maximum atomic E-state index is 11.4. The molecule has 0 radical (unpaired) electrons. The van der Waals surface area contributed by atoms with E-state index in [0.717, 1.165) is 11.6 Å². The van der Waals surface area contributed by atoms with Crippen molar-refractivity contribution in [1.29, 1.82) is 0 Å². The fourth-order valence-electron chi connectivity index (χ4n) is 2.04. The van der Waals surface area contributed by atoms with E-state index in [1.807, 2.05) is 0 Å². The Balaban J connectivity index is 2.23. The number of methoxy groups -OCH3 is 1. The van der Waals surface area contributed by atoms with Crippen molar-refractivity contribution in [1.82, 2.24) is 4.98 Å². The van der Waals surface area contributed by atoms with Crippen molar-refractivity contribution in [2.45, 2.75) is 13.0 Å². The third-order valence-electron chi connectivity index (χ3n) is 3.27. The minimum atomic E-state index is -0.697. The molecule has 8 heteroatoms. The molecule has 1 heterocycles. The molecule has 0 bridgehead atoms. The highest BCUT2D eigenvalue weighted by atomic mass is 16.6. The molecule has 0 unspecified atom stereocenters. The number of benzene rings is 1. The molecule has 1 atom stereocenters. The van der Waals surface area contributed by atoms with Crippen molar-refractivity contribution >= 4 is 17.5 Å². The summed E-state index contributed by atoms with van der Waals surface area (Å²) < 4.78 is 4.62. The van der Waals surface area contributed by atoms with Crippen molar-refractivity contribution in [2.75, 3.05) is 12.4 Å². The van der Waals surface area contributed by atoms with Crippen molar-refractivity contribution in [3.8, 4) is 5.75 Å². The van der Waals surface area contributed by atoms with Gasteiger partial charge in [-0.1, -0.05) is 12.1 Å². The third-order valence-corrected chi connectivity index (χ3v) is 3.27. The Labute approximate surface area is 131 Å². The second-order valence-electron chi connectivity index (χ2n) is 4.76. The summed E-state index contributed by atoms with van der Waals surface area (Å²) in [6, 6.07) is 7.44. The summed E-state index contributed by atoms with van der Waals surface area (Å²) in [6.45, 7) is 1.78. The van der Waals surface area contributed by atoms with Crippen molar-refractivity contribution in [3.63, 3.8) is 0 Å². The second-order valence-corrected chi connectivity index (χ2v) is 4.76. The highest BCUT2D eigenvalue weighted by Gasteiger charge is 2.22. The molecule has 0 aliphatic carbocycles. The predicted octanol–water partition coefficient (Wildman–Crippen LogP) is 2.66. The van der Waals surface area contributed by atoms with Crippen LogP contribution in [0.5, 0.6) is 5.75 Å². The molecular weight excluding hydrogens is 302 g/mol. The van der Waals surface area contributed by atoms with Crippen LogP contribution in [0.1, 0.15) is 28.9 Å². The van der Waals surface area contributed by atoms with Crippen LogP contribution in [0.15, 0.2) is 36.5 Å². The molecule has 0 fully saturated rings. The SMILES string of the molecule is COC(=O)c1ccc([C@H](C)Nc2nccc(O)c2[N+](=O)[O-])cc1. The van der Waals surface area contributed by atoms with Crippen LogP contribution in [0.4, 0.5) is 11.5 Å². The van der Waals surface area contributed by atoms with Gasteiger partial charge in [0.2, 0.25) is 5.82 Å². The smallest absolute Gasteiger partial charge is 0.352 e. The minimum absolute atomic E-state index is 0.0282. The Hall–Kier alpha value is -3.16. The summed E-state index contributed by atoms with van der Waals surface area (Å²) >= 11 is 0. The first-order valence-electron chi connectivity index (χ1n) is 6.71. The number of aromatic hydroxyl groups is 1. The Morgan fingerprint density at radius 2 is 2.00 bits per heavy atom. The zero-order chi connectivity index (χ0) is 17.0. The molecule has 2 aromatic rings. The molecule has 2 rings (SSSR count). The first kappa shape index (κ1) is 16.2. The van der Waals surface area contributed by atoms with Crippen LogP contribution in [-0.2, 0) is 4.74 Å². The fourth-order valence-corrected chi connectivity index (χ4v) is 2.04. The first-order chi connectivity index (χ1) is 10.9. The number of nitrogens with zero attached hydrogens (tertiary/aromatic N) is 2. The predicted molar refractivity (Wildman–Crippen MR) is 82.4 cm³/mol. The van der Waals surface area contributed by atoms with E-state index in [2.05, 4.69) is 15.0 Å². The topological polar surface area (TPSA) is 115 Å². The Kier molecular flexibility index (Phi) is 4.75. The number of nitrogens with one attached hydrogen (secondary N) is 1. The molecule has 120 valence electrons.